The number of fused-ring (bicyclic) bond motifs is 1. The number of rotatable bonds is 6. The zero-order chi connectivity index (χ0) is 19.2. The van der Waals surface area contributed by atoms with Crippen LogP contribution in [0.4, 0.5) is 14.7 Å². The monoisotopic (exact) mass is 386 g/mol. The minimum Gasteiger partial charge on any atom is -0.348 e. The van der Waals surface area contributed by atoms with Gasteiger partial charge in [-0.2, -0.15) is 0 Å². The Kier molecular flexibility index (Phi) is 4.42. The Labute approximate surface area is 160 Å². The van der Waals surface area contributed by atoms with Crippen molar-refractivity contribution in [3.05, 3.63) is 52.8 Å². The maximum absolute atomic E-state index is 13.8. The molecule has 0 unspecified atom stereocenters. The molecular formula is C20H20F2N4S. The van der Waals surface area contributed by atoms with Crippen molar-refractivity contribution in [3.63, 3.8) is 0 Å². The molecule has 140 valence electrons. The highest BCUT2D eigenvalue weighted by atomic mass is 32.1. The Bertz CT molecular complexity index is 1020. The van der Waals surface area contributed by atoms with Crippen LogP contribution >= 0.6 is 11.3 Å². The quantitative estimate of drug-likeness (QED) is 0.631. The van der Waals surface area contributed by atoms with E-state index in [1.165, 1.54) is 0 Å². The highest BCUT2D eigenvalue weighted by molar-refractivity contribution is 7.18. The maximum Gasteiger partial charge on any atom is 0.267 e. The number of benzene rings is 1. The lowest BCUT2D eigenvalue weighted by Crippen LogP contribution is -2.30. The van der Waals surface area contributed by atoms with E-state index in [0.717, 1.165) is 31.9 Å². The Morgan fingerprint density at radius 1 is 1.30 bits per heavy atom. The van der Waals surface area contributed by atoms with Crippen LogP contribution in [-0.2, 0) is 0 Å². The molecule has 7 heteroatoms. The van der Waals surface area contributed by atoms with Gasteiger partial charge in [0.25, 0.3) is 5.92 Å². The van der Waals surface area contributed by atoms with Crippen molar-refractivity contribution in [1.82, 2.24) is 15.0 Å². The summed E-state index contributed by atoms with van der Waals surface area (Å²) in [6.45, 7) is 7.56. The summed E-state index contributed by atoms with van der Waals surface area (Å²) < 4.78 is 28.7. The second kappa shape index (κ2) is 6.64. The van der Waals surface area contributed by atoms with Gasteiger partial charge in [-0.1, -0.05) is 12.6 Å². The molecule has 1 fully saturated rings. The lowest BCUT2D eigenvalue weighted by atomic mass is 10.00. The van der Waals surface area contributed by atoms with Gasteiger partial charge in [0.2, 0.25) is 5.95 Å². The minimum atomic E-state index is -2.71. The number of nitrogens with one attached hydrogen (secondary N) is 1. The molecule has 3 aromatic rings. The number of aryl methyl sites for hydroxylation is 2. The molecule has 1 aromatic carbocycles. The number of hydrogen-bond donors (Lipinski definition) is 1. The summed E-state index contributed by atoms with van der Waals surface area (Å²) in [6.07, 6.45) is 2.83. The van der Waals surface area contributed by atoms with Gasteiger partial charge in [-0.15, -0.1) is 11.3 Å². The molecule has 27 heavy (non-hydrogen) atoms. The number of anilines is 1. The van der Waals surface area contributed by atoms with Crippen LogP contribution in [0.15, 0.2) is 31.0 Å². The second-order valence-corrected chi connectivity index (χ2v) is 8.21. The van der Waals surface area contributed by atoms with Crippen molar-refractivity contribution >= 4 is 33.1 Å². The molecule has 1 N–H and O–H groups in total. The first-order chi connectivity index (χ1) is 12.8. The van der Waals surface area contributed by atoms with Crippen molar-refractivity contribution < 1.29 is 8.78 Å². The summed E-state index contributed by atoms with van der Waals surface area (Å²) in [5.41, 5.74) is 4.25. The molecule has 0 radical (unpaired) electrons. The molecule has 0 atom stereocenters. The smallest absolute Gasteiger partial charge is 0.267 e. The van der Waals surface area contributed by atoms with Crippen LogP contribution in [-0.4, -0.2) is 27.4 Å². The van der Waals surface area contributed by atoms with Gasteiger partial charge < -0.3 is 5.32 Å². The molecule has 0 amide bonds. The van der Waals surface area contributed by atoms with Crippen molar-refractivity contribution in [2.45, 2.75) is 32.6 Å². The molecule has 0 spiro atoms. The minimum absolute atomic E-state index is 0.220. The average molecular weight is 386 g/mol. The van der Waals surface area contributed by atoms with Crippen LogP contribution in [0, 0.1) is 19.8 Å². The standard InChI is InChI=1S/C20H20F2N4S/c1-11(14-4-7-17-18(8-14)27-13(3)26-17)16-9-23-19(25-12(16)2)24-10-20(21,22)15-5-6-15/h4,7-9,15H,1,5-6,10H2,2-3H3,(H,23,24,25). The van der Waals surface area contributed by atoms with E-state index in [-0.39, 0.29) is 5.95 Å². The van der Waals surface area contributed by atoms with E-state index in [2.05, 4.69) is 32.9 Å². The Balaban J connectivity index is 1.53. The first-order valence-electron chi connectivity index (χ1n) is 8.85. The largest absolute Gasteiger partial charge is 0.348 e. The van der Waals surface area contributed by atoms with Gasteiger partial charge in [0.1, 0.15) is 0 Å². The zero-order valence-corrected chi connectivity index (χ0v) is 16.0. The molecular weight excluding hydrogens is 366 g/mol. The summed E-state index contributed by atoms with van der Waals surface area (Å²) >= 11 is 1.64. The Morgan fingerprint density at radius 2 is 2.07 bits per heavy atom. The van der Waals surface area contributed by atoms with Crippen LogP contribution in [0.2, 0.25) is 0 Å². The fourth-order valence-electron chi connectivity index (χ4n) is 3.08. The van der Waals surface area contributed by atoms with Gasteiger partial charge in [0.15, 0.2) is 0 Å². The third-order valence-electron chi connectivity index (χ3n) is 4.81. The van der Waals surface area contributed by atoms with Crippen molar-refractivity contribution in [2.75, 3.05) is 11.9 Å². The maximum atomic E-state index is 13.8. The van der Waals surface area contributed by atoms with Gasteiger partial charge in [-0.3, -0.25) is 0 Å². The SMILES string of the molecule is C=C(c1ccc2nc(C)sc2c1)c1cnc(NCC(F)(F)C2CC2)nc1C. The first kappa shape index (κ1) is 18.0. The van der Waals surface area contributed by atoms with E-state index >= 15 is 0 Å². The summed E-state index contributed by atoms with van der Waals surface area (Å²) in [6, 6.07) is 6.02. The topological polar surface area (TPSA) is 50.7 Å². The van der Waals surface area contributed by atoms with Gasteiger partial charge in [0.05, 0.1) is 27.5 Å². The highest BCUT2D eigenvalue weighted by Gasteiger charge is 2.46. The molecule has 0 bridgehead atoms. The Morgan fingerprint density at radius 3 is 2.78 bits per heavy atom. The Hall–Kier alpha value is -2.41. The number of aromatic nitrogens is 3. The van der Waals surface area contributed by atoms with Crippen LogP contribution < -0.4 is 5.32 Å². The summed E-state index contributed by atoms with van der Waals surface area (Å²) in [7, 11) is 0. The molecule has 0 aliphatic heterocycles. The number of alkyl halides is 2. The highest BCUT2D eigenvalue weighted by Crippen LogP contribution is 2.43. The lowest BCUT2D eigenvalue weighted by Gasteiger charge is -2.17. The molecule has 1 aliphatic carbocycles. The average Bonchev–Trinajstić information content (AvgIpc) is 3.41. The fraction of sp³-hybridized carbons (Fsp3) is 0.350. The fourth-order valence-corrected chi connectivity index (χ4v) is 3.94. The van der Waals surface area contributed by atoms with E-state index in [1.54, 1.807) is 17.5 Å². The van der Waals surface area contributed by atoms with Crippen molar-refractivity contribution in [2.24, 2.45) is 5.92 Å². The van der Waals surface area contributed by atoms with E-state index in [1.807, 2.05) is 26.0 Å². The van der Waals surface area contributed by atoms with E-state index in [9.17, 15) is 8.78 Å². The first-order valence-corrected chi connectivity index (χ1v) is 9.67. The van der Waals surface area contributed by atoms with E-state index in [0.29, 0.717) is 18.5 Å². The summed E-state index contributed by atoms with van der Waals surface area (Å²) in [5.74, 6) is -2.99. The predicted molar refractivity (Wildman–Crippen MR) is 105 cm³/mol. The molecule has 1 saturated carbocycles. The normalized spacial score (nSPS) is 14.5. The van der Waals surface area contributed by atoms with Gasteiger partial charge in [-0.05, 0) is 50.0 Å². The number of halogens is 2. The van der Waals surface area contributed by atoms with Crippen LogP contribution in [0.1, 0.15) is 34.7 Å². The third-order valence-corrected chi connectivity index (χ3v) is 5.74. The van der Waals surface area contributed by atoms with Crippen molar-refractivity contribution in [3.8, 4) is 0 Å². The molecule has 1 aliphatic rings. The van der Waals surface area contributed by atoms with Gasteiger partial charge in [0, 0.05) is 17.7 Å². The molecule has 4 rings (SSSR count). The van der Waals surface area contributed by atoms with Crippen LogP contribution in [0.25, 0.3) is 15.8 Å². The molecule has 2 aromatic heterocycles. The third kappa shape index (κ3) is 3.69. The van der Waals surface area contributed by atoms with Crippen LogP contribution in [0.3, 0.4) is 0 Å². The predicted octanol–water partition coefficient (Wildman–Crippen LogP) is 5.22. The lowest BCUT2D eigenvalue weighted by molar-refractivity contribution is -0.00832. The molecule has 2 heterocycles. The van der Waals surface area contributed by atoms with E-state index < -0.39 is 18.4 Å². The molecule has 4 nitrogen and oxygen atoms in total. The number of nitrogens with zero attached hydrogens (tertiary/aromatic N) is 3. The van der Waals surface area contributed by atoms with Crippen molar-refractivity contribution in [1.29, 1.82) is 0 Å². The number of thiazole rings is 1. The van der Waals surface area contributed by atoms with Crippen LogP contribution in [0.5, 0.6) is 0 Å². The van der Waals surface area contributed by atoms with E-state index in [4.69, 9.17) is 0 Å². The zero-order valence-electron chi connectivity index (χ0n) is 15.2. The summed E-state index contributed by atoms with van der Waals surface area (Å²) in [5, 5.41) is 3.69. The second-order valence-electron chi connectivity index (χ2n) is 6.98. The van der Waals surface area contributed by atoms with Gasteiger partial charge >= 0.3 is 0 Å². The van der Waals surface area contributed by atoms with Gasteiger partial charge in [-0.25, -0.2) is 23.7 Å². The summed E-state index contributed by atoms with van der Waals surface area (Å²) in [4.78, 5) is 13.0. The molecule has 0 saturated heterocycles. The number of hydrogen-bond acceptors (Lipinski definition) is 5.